The maximum atomic E-state index is 11.3. The molecule has 0 radical (unpaired) electrons. The first-order valence-electron chi connectivity index (χ1n) is 4.82. The molecule has 0 atom stereocenters. The molecule has 1 aromatic carbocycles. The molecular formula is C12H16O2. The van der Waals surface area contributed by atoms with Gasteiger partial charge in [0.25, 0.3) is 0 Å². The highest BCUT2D eigenvalue weighted by Crippen LogP contribution is 2.12. The Morgan fingerprint density at radius 1 is 1.43 bits per heavy atom. The van der Waals surface area contributed by atoms with Gasteiger partial charge in [-0.15, -0.1) is 0 Å². The summed E-state index contributed by atoms with van der Waals surface area (Å²) in [6.45, 7) is 5.92. The van der Waals surface area contributed by atoms with Gasteiger partial charge >= 0.3 is 0 Å². The Labute approximate surface area is 84.9 Å². The van der Waals surface area contributed by atoms with Crippen LogP contribution in [0.3, 0.4) is 0 Å². The molecule has 0 bridgehead atoms. The lowest BCUT2D eigenvalue weighted by Crippen LogP contribution is -2.16. The van der Waals surface area contributed by atoms with Crippen molar-refractivity contribution in [3.8, 4) is 5.75 Å². The highest BCUT2D eigenvalue weighted by molar-refractivity contribution is 5.81. The van der Waals surface area contributed by atoms with Crippen molar-refractivity contribution in [2.45, 2.75) is 20.8 Å². The zero-order valence-corrected chi connectivity index (χ0v) is 8.91. The number of hydrogen-bond donors (Lipinski definition) is 0. The molecule has 0 N–H and O–H groups in total. The van der Waals surface area contributed by atoms with Gasteiger partial charge < -0.3 is 4.74 Å². The Bertz CT molecular complexity index is 316. The average Bonchev–Trinajstić information content (AvgIpc) is 2.14. The van der Waals surface area contributed by atoms with E-state index in [1.165, 1.54) is 0 Å². The fourth-order valence-electron chi connectivity index (χ4n) is 1.03. The minimum absolute atomic E-state index is 0.0415. The van der Waals surface area contributed by atoms with Crippen LogP contribution in [0.1, 0.15) is 19.4 Å². The van der Waals surface area contributed by atoms with Crippen molar-refractivity contribution in [3.05, 3.63) is 29.8 Å². The molecule has 0 saturated heterocycles. The fraction of sp³-hybridized carbons (Fsp3) is 0.417. The van der Waals surface area contributed by atoms with E-state index in [9.17, 15) is 4.79 Å². The largest absolute Gasteiger partial charge is 0.486 e. The zero-order chi connectivity index (χ0) is 10.6. The molecule has 0 fully saturated rings. The van der Waals surface area contributed by atoms with Crippen LogP contribution in [-0.2, 0) is 4.79 Å². The van der Waals surface area contributed by atoms with Crippen molar-refractivity contribution in [3.63, 3.8) is 0 Å². The van der Waals surface area contributed by atoms with Gasteiger partial charge in [0.05, 0.1) is 0 Å². The second-order valence-electron chi connectivity index (χ2n) is 3.73. The Morgan fingerprint density at radius 2 is 2.14 bits per heavy atom. The van der Waals surface area contributed by atoms with Gasteiger partial charge in [0.1, 0.15) is 12.4 Å². The minimum Gasteiger partial charge on any atom is -0.486 e. The molecule has 0 saturated carbocycles. The third-order valence-electron chi connectivity index (χ3n) is 2.01. The summed E-state index contributed by atoms with van der Waals surface area (Å²) in [6, 6.07) is 7.70. The first kappa shape index (κ1) is 10.8. The van der Waals surface area contributed by atoms with Crippen molar-refractivity contribution in [1.29, 1.82) is 0 Å². The predicted octanol–water partition coefficient (Wildman–Crippen LogP) is 2.60. The maximum Gasteiger partial charge on any atom is 0.172 e. The van der Waals surface area contributed by atoms with Crippen molar-refractivity contribution < 1.29 is 9.53 Å². The highest BCUT2D eigenvalue weighted by Gasteiger charge is 2.07. The lowest BCUT2D eigenvalue weighted by molar-refractivity contribution is -0.123. The Kier molecular flexibility index (Phi) is 3.69. The Hall–Kier alpha value is -1.31. The van der Waals surface area contributed by atoms with E-state index < -0.39 is 0 Å². The number of rotatable bonds is 4. The molecule has 0 aromatic heterocycles. The van der Waals surface area contributed by atoms with Crippen LogP contribution in [0.5, 0.6) is 5.75 Å². The normalized spacial score (nSPS) is 10.3. The monoisotopic (exact) mass is 192 g/mol. The number of benzene rings is 1. The molecule has 0 amide bonds. The second-order valence-corrected chi connectivity index (χ2v) is 3.73. The van der Waals surface area contributed by atoms with Crippen molar-refractivity contribution in [1.82, 2.24) is 0 Å². The van der Waals surface area contributed by atoms with Crippen LogP contribution in [0, 0.1) is 12.8 Å². The smallest absolute Gasteiger partial charge is 0.172 e. The molecule has 2 heteroatoms. The molecule has 0 heterocycles. The third kappa shape index (κ3) is 3.21. The molecule has 1 rings (SSSR count). The number of carbonyl (C=O) groups excluding carboxylic acids is 1. The second kappa shape index (κ2) is 4.80. The molecule has 1 aromatic rings. The summed E-state index contributed by atoms with van der Waals surface area (Å²) in [5.74, 6) is 0.935. The third-order valence-corrected chi connectivity index (χ3v) is 2.01. The maximum absolute atomic E-state index is 11.3. The molecular weight excluding hydrogens is 176 g/mol. The number of Topliss-reactive ketones (excluding diaryl/α,β-unsaturated/α-hetero) is 1. The first-order chi connectivity index (χ1) is 6.59. The zero-order valence-electron chi connectivity index (χ0n) is 8.91. The Morgan fingerprint density at radius 3 is 2.71 bits per heavy atom. The molecule has 0 spiro atoms. The van der Waals surface area contributed by atoms with Crippen LogP contribution in [0.2, 0.25) is 0 Å². The van der Waals surface area contributed by atoms with Gasteiger partial charge in [-0.2, -0.15) is 0 Å². The summed E-state index contributed by atoms with van der Waals surface area (Å²) in [5, 5.41) is 0. The summed E-state index contributed by atoms with van der Waals surface area (Å²) in [6.07, 6.45) is 0. The lowest BCUT2D eigenvalue weighted by Gasteiger charge is -2.07. The van der Waals surface area contributed by atoms with E-state index in [1.807, 2.05) is 45.0 Å². The molecule has 0 aliphatic rings. The van der Waals surface area contributed by atoms with Crippen LogP contribution >= 0.6 is 0 Å². The SMILES string of the molecule is Cc1cccc(OCC(=O)C(C)C)c1. The quantitative estimate of drug-likeness (QED) is 0.733. The van der Waals surface area contributed by atoms with Gasteiger partial charge in [-0.05, 0) is 24.6 Å². The summed E-state index contributed by atoms with van der Waals surface area (Å²) in [5.41, 5.74) is 1.14. The van der Waals surface area contributed by atoms with E-state index >= 15 is 0 Å². The van der Waals surface area contributed by atoms with E-state index in [2.05, 4.69) is 0 Å². The molecule has 0 aliphatic heterocycles. The molecule has 2 nitrogen and oxygen atoms in total. The van der Waals surface area contributed by atoms with E-state index in [0.29, 0.717) is 0 Å². The van der Waals surface area contributed by atoms with Gasteiger partial charge in [0.2, 0.25) is 0 Å². The van der Waals surface area contributed by atoms with Gasteiger partial charge in [-0.25, -0.2) is 0 Å². The highest BCUT2D eigenvalue weighted by atomic mass is 16.5. The fourth-order valence-corrected chi connectivity index (χ4v) is 1.03. The average molecular weight is 192 g/mol. The van der Waals surface area contributed by atoms with Gasteiger partial charge in [-0.1, -0.05) is 26.0 Å². The summed E-state index contributed by atoms with van der Waals surface area (Å²) in [4.78, 5) is 11.3. The van der Waals surface area contributed by atoms with Crippen LogP contribution in [0.15, 0.2) is 24.3 Å². The molecule has 76 valence electrons. The number of hydrogen-bond acceptors (Lipinski definition) is 2. The van der Waals surface area contributed by atoms with Crippen molar-refractivity contribution in [2.75, 3.05) is 6.61 Å². The Balaban J connectivity index is 2.50. The van der Waals surface area contributed by atoms with E-state index in [0.717, 1.165) is 11.3 Å². The predicted molar refractivity (Wildman–Crippen MR) is 56.5 cm³/mol. The van der Waals surface area contributed by atoms with Crippen molar-refractivity contribution in [2.24, 2.45) is 5.92 Å². The van der Waals surface area contributed by atoms with E-state index in [4.69, 9.17) is 4.74 Å². The molecule has 0 aliphatic carbocycles. The first-order valence-corrected chi connectivity index (χ1v) is 4.82. The van der Waals surface area contributed by atoms with Gasteiger partial charge in [0, 0.05) is 5.92 Å². The number of carbonyl (C=O) groups is 1. The van der Waals surface area contributed by atoms with Crippen LogP contribution < -0.4 is 4.74 Å². The minimum atomic E-state index is 0.0415. The van der Waals surface area contributed by atoms with E-state index in [-0.39, 0.29) is 18.3 Å². The van der Waals surface area contributed by atoms with E-state index in [1.54, 1.807) is 0 Å². The van der Waals surface area contributed by atoms with Gasteiger partial charge in [0.15, 0.2) is 5.78 Å². The summed E-state index contributed by atoms with van der Waals surface area (Å²) < 4.78 is 5.36. The van der Waals surface area contributed by atoms with Crippen LogP contribution in [-0.4, -0.2) is 12.4 Å². The van der Waals surface area contributed by atoms with Crippen LogP contribution in [0.4, 0.5) is 0 Å². The van der Waals surface area contributed by atoms with Crippen LogP contribution in [0.25, 0.3) is 0 Å². The summed E-state index contributed by atoms with van der Waals surface area (Å²) in [7, 11) is 0. The van der Waals surface area contributed by atoms with Gasteiger partial charge in [-0.3, -0.25) is 4.79 Å². The number of ether oxygens (including phenoxy) is 1. The summed E-state index contributed by atoms with van der Waals surface area (Å²) >= 11 is 0. The number of aryl methyl sites for hydroxylation is 1. The van der Waals surface area contributed by atoms with Crippen molar-refractivity contribution >= 4 is 5.78 Å². The number of ketones is 1. The topological polar surface area (TPSA) is 26.3 Å². The molecule has 0 unspecified atom stereocenters. The lowest BCUT2D eigenvalue weighted by atomic mass is 10.1. The molecule has 14 heavy (non-hydrogen) atoms. The standard InChI is InChI=1S/C12H16O2/c1-9(2)12(13)8-14-11-6-4-5-10(3)7-11/h4-7,9H,8H2,1-3H3.